The minimum absolute atomic E-state index is 0.0212. The van der Waals surface area contributed by atoms with Crippen molar-refractivity contribution >= 4 is 28.3 Å². The minimum Gasteiger partial charge on any atom is -0.396 e. The molecule has 7 nitrogen and oxygen atoms in total. The molecule has 38 heavy (non-hydrogen) atoms. The van der Waals surface area contributed by atoms with E-state index < -0.39 is 11.5 Å². The summed E-state index contributed by atoms with van der Waals surface area (Å²) in [5.74, 6) is -0.232. The van der Waals surface area contributed by atoms with Crippen molar-refractivity contribution in [3.05, 3.63) is 46.5 Å². The van der Waals surface area contributed by atoms with Gasteiger partial charge in [-0.05, 0) is 41.6 Å². The molecule has 1 heterocycles. The van der Waals surface area contributed by atoms with E-state index in [0.29, 0.717) is 37.4 Å². The van der Waals surface area contributed by atoms with Gasteiger partial charge in [-0.3, -0.25) is 9.59 Å². The predicted molar refractivity (Wildman–Crippen MR) is 151 cm³/mol. The third kappa shape index (κ3) is 5.68. The molecule has 5 atom stereocenters. The number of aliphatic hydroxyl groups excluding tert-OH is 2. The van der Waals surface area contributed by atoms with Crippen LogP contribution in [0.3, 0.4) is 0 Å². The van der Waals surface area contributed by atoms with Gasteiger partial charge in [-0.25, -0.2) is 4.98 Å². The predicted octanol–water partition coefficient (Wildman–Crippen LogP) is 4.98. The molecule has 1 aromatic heterocycles. The van der Waals surface area contributed by atoms with Crippen LogP contribution in [0.1, 0.15) is 82.4 Å². The summed E-state index contributed by atoms with van der Waals surface area (Å²) in [6, 6.07) is 9.94. The molecule has 4 rings (SSSR count). The number of aliphatic hydroxyl groups is 2. The Labute approximate surface area is 230 Å². The fraction of sp³-hybridized carbons (Fsp3) is 0.633. The number of amides is 2. The molecule has 2 aliphatic carbocycles. The fourth-order valence-corrected chi connectivity index (χ4v) is 7.70. The van der Waals surface area contributed by atoms with Gasteiger partial charge in [0.1, 0.15) is 0 Å². The van der Waals surface area contributed by atoms with Crippen LogP contribution in [0.5, 0.6) is 0 Å². The van der Waals surface area contributed by atoms with E-state index in [9.17, 15) is 19.8 Å². The SMILES string of the molecule is CN(Cc1ccccc1)C(=O)CC1c2nc(NC(=O)CC(C)(C)C)sc2CC2C(C)(CO)C(O)CCC12C. The Morgan fingerprint density at radius 2 is 1.89 bits per heavy atom. The monoisotopic (exact) mass is 541 g/mol. The number of anilines is 1. The van der Waals surface area contributed by atoms with Gasteiger partial charge in [-0.15, -0.1) is 11.3 Å². The van der Waals surface area contributed by atoms with E-state index in [4.69, 9.17) is 4.98 Å². The van der Waals surface area contributed by atoms with Crippen molar-refractivity contribution in [2.24, 2.45) is 22.2 Å². The van der Waals surface area contributed by atoms with Gasteiger partial charge in [0.2, 0.25) is 11.8 Å². The van der Waals surface area contributed by atoms with Gasteiger partial charge in [0, 0.05) is 42.6 Å². The maximum atomic E-state index is 13.6. The summed E-state index contributed by atoms with van der Waals surface area (Å²) in [4.78, 5) is 34.0. The Bertz CT molecular complexity index is 1160. The first-order valence-electron chi connectivity index (χ1n) is 13.6. The highest BCUT2D eigenvalue weighted by Crippen LogP contribution is 2.63. The molecule has 2 aromatic rings. The van der Waals surface area contributed by atoms with Crippen molar-refractivity contribution in [2.45, 2.75) is 85.3 Å². The summed E-state index contributed by atoms with van der Waals surface area (Å²) in [5, 5.41) is 25.0. The average molecular weight is 542 g/mol. The fourth-order valence-electron chi connectivity index (χ4n) is 6.62. The number of carbonyl (C=O) groups is 2. The smallest absolute Gasteiger partial charge is 0.226 e. The van der Waals surface area contributed by atoms with Crippen LogP contribution in [-0.4, -0.2) is 51.7 Å². The van der Waals surface area contributed by atoms with E-state index in [2.05, 4.69) is 12.2 Å². The quantitative estimate of drug-likeness (QED) is 0.459. The Morgan fingerprint density at radius 3 is 2.53 bits per heavy atom. The first-order valence-corrected chi connectivity index (χ1v) is 14.4. The summed E-state index contributed by atoms with van der Waals surface area (Å²) in [6.45, 7) is 10.7. The van der Waals surface area contributed by atoms with Crippen LogP contribution in [0.4, 0.5) is 5.13 Å². The van der Waals surface area contributed by atoms with Gasteiger partial charge in [0.25, 0.3) is 0 Å². The first-order chi connectivity index (χ1) is 17.8. The lowest BCUT2D eigenvalue weighted by Crippen LogP contribution is -2.57. The average Bonchev–Trinajstić information content (AvgIpc) is 3.24. The number of aromatic nitrogens is 1. The van der Waals surface area contributed by atoms with Crippen LogP contribution < -0.4 is 5.32 Å². The minimum atomic E-state index is -0.679. The third-order valence-electron chi connectivity index (χ3n) is 8.90. The maximum absolute atomic E-state index is 13.6. The zero-order chi connectivity index (χ0) is 27.9. The molecule has 1 fully saturated rings. The molecule has 2 aliphatic rings. The van der Waals surface area contributed by atoms with Crippen LogP contribution in [-0.2, 0) is 22.6 Å². The van der Waals surface area contributed by atoms with Gasteiger partial charge in [-0.2, -0.15) is 0 Å². The molecule has 208 valence electrons. The number of carbonyl (C=O) groups excluding carboxylic acids is 2. The summed E-state index contributed by atoms with van der Waals surface area (Å²) in [5.41, 5.74) is 0.816. The lowest BCUT2D eigenvalue weighted by atomic mass is 9.47. The number of hydrogen-bond donors (Lipinski definition) is 3. The molecule has 3 N–H and O–H groups in total. The van der Waals surface area contributed by atoms with Crippen molar-refractivity contribution < 1.29 is 19.8 Å². The summed E-state index contributed by atoms with van der Waals surface area (Å²) in [6.07, 6.45) is 2.06. The molecule has 0 spiro atoms. The van der Waals surface area contributed by atoms with E-state index in [1.54, 1.807) is 4.90 Å². The van der Waals surface area contributed by atoms with Crippen LogP contribution in [0.25, 0.3) is 0 Å². The van der Waals surface area contributed by atoms with Crippen LogP contribution in [0, 0.1) is 22.2 Å². The highest BCUT2D eigenvalue weighted by atomic mass is 32.1. The van der Waals surface area contributed by atoms with E-state index in [0.717, 1.165) is 22.6 Å². The number of nitrogens with zero attached hydrogens (tertiary/aromatic N) is 2. The second-order valence-corrected chi connectivity index (χ2v) is 14.2. The standard InChI is InChI=1S/C30H43N3O4S/c1-28(2,3)16-24(36)31-27-32-26-20(14-25(37)33(6)17-19-10-8-7-9-11-19)29(4)13-12-23(35)30(5,18-34)22(29)15-21(26)38-27/h7-11,20,22-23,34-35H,12-18H2,1-6H3,(H,31,32,36). The summed E-state index contributed by atoms with van der Waals surface area (Å²) in [7, 11) is 1.83. The number of fused-ring (bicyclic) bond motifs is 2. The highest BCUT2D eigenvalue weighted by Gasteiger charge is 2.59. The normalized spacial score (nSPS) is 28.8. The summed E-state index contributed by atoms with van der Waals surface area (Å²) >= 11 is 1.47. The van der Waals surface area contributed by atoms with Gasteiger partial charge in [-0.1, -0.05) is 65.0 Å². The number of rotatable bonds is 7. The second kappa shape index (κ2) is 10.7. The molecular formula is C30H43N3O4S. The maximum Gasteiger partial charge on any atom is 0.226 e. The van der Waals surface area contributed by atoms with Crippen LogP contribution in [0.2, 0.25) is 0 Å². The number of benzene rings is 1. The first kappa shape index (κ1) is 28.7. The Kier molecular flexibility index (Phi) is 8.09. The van der Waals surface area contributed by atoms with E-state index >= 15 is 0 Å². The van der Waals surface area contributed by atoms with Crippen molar-refractivity contribution in [1.82, 2.24) is 9.88 Å². The van der Waals surface area contributed by atoms with Gasteiger partial charge >= 0.3 is 0 Å². The summed E-state index contributed by atoms with van der Waals surface area (Å²) < 4.78 is 0. The number of hydrogen-bond acceptors (Lipinski definition) is 6. The van der Waals surface area contributed by atoms with Crippen molar-refractivity contribution in [1.29, 1.82) is 0 Å². The zero-order valence-corrected chi connectivity index (χ0v) is 24.4. The number of nitrogens with one attached hydrogen (secondary N) is 1. The molecule has 0 radical (unpaired) electrons. The van der Waals surface area contributed by atoms with E-state index in [1.165, 1.54) is 11.3 Å². The third-order valence-corrected chi connectivity index (χ3v) is 9.91. The van der Waals surface area contributed by atoms with Crippen LogP contribution in [0.15, 0.2) is 30.3 Å². The molecule has 2 amide bonds. The van der Waals surface area contributed by atoms with Crippen LogP contribution >= 0.6 is 11.3 Å². The lowest BCUT2D eigenvalue weighted by Gasteiger charge is -2.58. The molecule has 8 heteroatoms. The highest BCUT2D eigenvalue weighted by molar-refractivity contribution is 7.15. The van der Waals surface area contributed by atoms with Gasteiger partial charge in [0.05, 0.1) is 18.4 Å². The van der Waals surface area contributed by atoms with E-state index in [1.807, 2.05) is 65.1 Å². The molecule has 5 unspecified atom stereocenters. The number of thiazole rings is 1. The van der Waals surface area contributed by atoms with Crippen molar-refractivity contribution in [3.63, 3.8) is 0 Å². The molecule has 0 saturated heterocycles. The van der Waals surface area contributed by atoms with Gasteiger partial charge < -0.3 is 20.4 Å². The molecule has 1 aromatic carbocycles. The second-order valence-electron chi connectivity index (χ2n) is 13.1. The lowest BCUT2D eigenvalue weighted by molar-refractivity contribution is -0.147. The largest absolute Gasteiger partial charge is 0.396 e. The van der Waals surface area contributed by atoms with E-state index in [-0.39, 0.29) is 41.1 Å². The molecule has 1 saturated carbocycles. The topological polar surface area (TPSA) is 103 Å². The molecular weight excluding hydrogens is 498 g/mol. The Hall–Kier alpha value is -2.29. The van der Waals surface area contributed by atoms with Crippen molar-refractivity contribution in [2.75, 3.05) is 19.0 Å². The Balaban J connectivity index is 1.67. The van der Waals surface area contributed by atoms with Crippen molar-refractivity contribution in [3.8, 4) is 0 Å². The molecule has 0 aliphatic heterocycles. The zero-order valence-electron chi connectivity index (χ0n) is 23.6. The molecule has 0 bridgehead atoms. The Morgan fingerprint density at radius 1 is 1.21 bits per heavy atom. The van der Waals surface area contributed by atoms with Gasteiger partial charge in [0.15, 0.2) is 5.13 Å².